The van der Waals surface area contributed by atoms with Crippen molar-refractivity contribution < 1.29 is 4.39 Å². The number of nitrogens with one attached hydrogen (secondary N) is 1. The lowest BCUT2D eigenvalue weighted by Crippen LogP contribution is -2.19. The molecule has 0 bridgehead atoms. The van der Waals surface area contributed by atoms with Crippen LogP contribution in [0.4, 0.5) is 4.39 Å². The fourth-order valence-electron chi connectivity index (χ4n) is 2.63. The number of pyridine rings is 1. The van der Waals surface area contributed by atoms with Crippen molar-refractivity contribution in [3.8, 4) is 0 Å². The van der Waals surface area contributed by atoms with Gasteiger partial charge in [0.2, 0.25) is 0 Å². The maximum Gasteiger partial charge on any atom is 0.141 e. The molecule has 0 aliphatic heterocycles. The lowest BCUT2D eigenvalue weighted by atomic mass is 9.91. The van der Waals surface area contributed by atoms with Crippen LogP contribution in [0, 0.1) is 5.82 Å². The van der Waals surface area contributed by atoms with Gasteiger partial charge in [-0.05, 0) is 44.4 Å². The Labute approximate surface area is 108 Å². The minimum absolute atomic E-state index is 0.103. The highest BCUT2D eigenvalue weighted by Gasteiger charge is 2.16. The van der Waals surface area contributed by atoms with Gasteiger partial charge in [-0.3, -0.25) is 4.98 Å². The normalized spacial score (nSPS) is 21.6. The van der Waals surface area contributed by atoms with E-state index in [1.165, 1.54) is 37.5 Å². The van der Waals surface area contributed by atoms with E-state index in [0.717, 1.165) is 18.4 Å². The van der Waals surface area contributed by atoms with E-state index in [9.17, 15) is 4.39 Å². The average Bonchev–Trinajstić information content (AvgIpc) is 2.32. The number of hydrogen-bond donors (Lipinski definition) is 1. The first-order valence-corrected chi connectivity index (χ1v) is 6.78. The summed E-state index contributed by atoms with van der Waals surface area (Å²) in [6.45, 7) is 0. The van der Waals surface area contributed by atoms with Gasteiger partial charge >= 0.3 is 0 Å². The van der Waals surface area contributed by atoms with Crippen LogP contribution in [0.25, 0.3) is 0 Å². The van der Waals surface area contributed by atoms with E-state index in [4.69, 9.17) is 0 Å². The van der Waals surface area contributed by atoms with Crippen LogP contribution in [0.15, 0.2) is 30.1 Å². The number of halogens is 1. The molecule has 2 nitrogen and oxygen atoms in total. The Morgan fingerprint density at radius 2 is 2.06 bits per heavy atom. The molecular formula is C15H21FN2. The molecule has 1 unspecified atom stereocenters. The lowest BCUT2D eigenvalue weighted by Gasteiger charge is -2.22. The zero-order chi connectivity index (χ0) is 12.8. The molecule has 1 aromatic heterocycles. The monoisotopic (exact) mass is 248 g/mol. The standard InChI is InChI=1S/C15H21FN2/c1-17-15(13-9-14(16)11-18-10-13)12-7-5-3-2-4-6-8-12/h7,9-11,15,17H,2-6,8H2,1H3/b12-7+. The van der Waals surface area contributed by atoms with Gasteiger partial charge < -0.3 is 5.32 Å². The molecule has 0 radical (unpaired) electrons. The first kappa shape index (κ1) is 13.2. The third-order valence-electron chi connectivity index (χ3n) is 3.54. The summed E-state index contributed by atoms with van der Waals surface area (Å²) in [7, 11) is 1.93. The molecule has 0 saturated heterocycles. The SMILES string of the molecule is CNC(/C1=C/CCCCCC1)c1cncc(F)c1. The van der Waals surface area contributed by atoms with Gasteiger partial charge in [-0.1, -0.05) is 24.5 Å². The maximum atomic E-state index is 13.3. The lowest BCUT2D eigenvalue weighted by molar-refractivity contribution is 0.566. The molecule has 1 aliphatic carbocycles. The molecule has 1 atom stereocenters. The van der Waals surface area contributed by atoms with Crippen molar-refractivity contribution in [1.82, 2.24) is 10.3 Å². The van der Waals surface area contributed by atoms with Crippen LogP contribution in [0.5, 0.6) is 0 Å². The quantitative estimate of drug-likeness (QED) is 0.824. The van der Waals surface area contributed by atoms with Crippen LogP contribution < -0.4 is 5.32 Å². The van der Waals surface area contributed by atoms with Gasteiger partial charge in [0.05, 0.1) is 12.2 Å². The molecule has 0 saturated carbocycles. The Morgan fingerprint density at radius 1 is 1.22 bits per heavy atom. The van der Waals surface area contributed by atoms with Gasteiger partial charge in [0, 0.05) is 6.20 Å². The van der Waals surface area contributed by atoms with E-state index in [2.05, 4.69) is 16.4 Å². The number of rotatable bonds is 3. The number of nitrogens with zero attached hydrogens (tertiary/aromatic N) is 1. The topological polar surface area (TPSA) is 24.9 Å². The molecule has 1 aromatic rings. The molecule has 1 aliphatic rings. The average molecular weight is 248 g/mol. The van der Waals surface area contributed by atoms with Crippen LogP contribution in [-0.2, 0) is 0 Å². The summed E-state index contributed by atoms with van der Waals surface area (Å²) in [4.78, 5) is 3.95. The van der Waals surface area contributed by atoms with E-state index in [-0.39, 0.29) is 11.9 Å². The first-order chi connectivity index (χ1) is 8.81. The molecule has 0 fully saturated rings. The number of aromatic nitrogens is 1. The minimum atomic E-state index is -0.265. The summed E-state index contributed by atoms with van der Waals surface area (Å²) in [5.74, 6) is -0.265. The smallest absolute Gasteiger partial charge is 0.141 e. The highest BCUT2D eigenvalue weighted by molar-refractivity contribution is 5.26. The number of hydrogen-bond acceptors (Lipinski definition) is 2. The van der Waals surface area contributed by atoms with Crippen LogP contribution in [0.3, 0.4) is 0 Å². The predicted molar refractivity (Wildman–Crippen MR) is 71.8 cm³/mol. The van der Waals surface area contributed by atoms with E-state index in [1.54, 1.807) is 12.3 Å². The zero-order valence-corrected chi connectivity index (χ0v) is 11.0. The summed E-state index contributed by atoms with van der Waals surface area (Å²) in [5, 5.41) is 3.29. The second-order valence-corrected chi connectivity index (χ2v) is 4.89. The number of likely N-dealkylation sites (N-methyl/N-ethyl adjacent to an activating group) is 1. The summed E-state index contributed by atoms with van der Waals surface area (Å²) < 4.78 is 13.3. The van der Waals surface area contributed by atoms with E-state index < -0.39 is 0 Å². The third-order valence-corrected chi connectivity index (χ3v) is 3.54. The van der Waals surface area contributed by atoms with Crippen molar-refractivity contribution in [2.45, 2.75) is 44.6 Å². The molecule has 98 valence electrons. The highest BCUT2D eigenvalue weighted by atomic mass is 19.1. The van der Waals surface area contributed by atoms with Crippen molar-refractivity contribution in [1.29, 1.82) is 0 Å². The third kappa shape index (κ3) is 3.39. The zero-order valence-electron chi connectivity index (χ0n) is 11.0. The van der Waals surface area contributed by atoms with Crippen LogP contribution in [0.1, 0.15) is 50.1 Å². The Bertz CT molecular complexity index is 415. The fourth-order valence-corrected chi connectivity index (χ4v) is 2.63. The largest absolute Gasteiger partial charge is 0.310 e. The molecule has 2 rings (SSSR count). The van der Waals surface area contributed by atoms with Gasteiger partial charge in [-0.25, -0.2) is 4.39 Å². The molecule has 0 aromatic carbocycles. The van der Waals surface area contributed by atoms with Crippen LogP contribution in [-0.4, -0.2) is 12.0 Å². The Kier molecular flexibility index (Phi) is 4.88. The fraction of sp³-hybridized carbons (Fsp3) is 0.533. The first-order valence-electron chi connectivity index (χ1n) is 6.78. The maximum absolute atomic E-state index is 13.3. The van der Waals surface area contributed by atoms with E-state index in [0.29, 0.717) is 0 Å². The van der Waals surface area contributed by atoms with Crippen molar-refractivity contribution in [3.05, 3.63) is 41.5 Å². The molecule has 18 heavy (non-hydrogen) atoms. The molecule has 1 N–H and O–H groups in total. The van der Waals surface area contributed by atoms with Gasteiger partial charge in [0.1, 0.15) is 5.82 Å². The van der Waals surface area contributed by atoms with Gasteiger partial charge in [-0.15, -0.1) is 0 Å². The second kappa shape index (κ2) is 6.64. The van der Waals surface area contributed by atoms with Crippen molar-refractivity contribution in [3.63, 3.8) is 0 Å². The minimum Gasteiger partial charge on any atom is -0.310 e. The summed E-state index contributed by atoms with van der Waals surface area (Å²) in [6.07, 6.45) is 12.7. The summed E-state index contributed by atoms with van der Waals surface area (Å²) in [5.41, 5.74) is 2.30. The van der Waals surface area contributed by atoms with Crippen molar-refractivity contribution in [2.75, 3.05) is 7.05 Å². The molecule has 1 heterocycles. The number of allylic oxidation sites excluding steroid dienone is 1. The van der Waals surface area contributed by atoms with Gasteiger partial charge in [0.25, 0.3) is 0 Å². The molecule has 3 heteroatoms. The van der Waals surface area contributed by atoms with Gasteiger partial charge in [0.15, 0.2) is 0 Å². The van der Waals surface area contributed by atoms with Crippen LogP contribution >= 0.6 is 0 Å². The molecule has 0 amide bonds. The van der Waals surface area contributed by atoms with Crippen LogP contribution in [0.2, 0.25) is 0 Å². The van der Waals surface area contributed by atoms with Gasteiger partial charge in [-0.2, -0.15) is 0 Å². The summed E-state index contributed by atoms with van der Waals surface area (Å²) >= 11 is 0. The second-order valence-electron chi connectivity index (χ2n) is 4.89. The van der Waals surface area contributed by atoms with Crippen molar-refractivity contribution in [2.24, 2.45) is 0 Å². The molecule has 0 spiro atoms. The van der Waals surface area contributed by atoms with Crippen molar-refractivity contribution >= 4 is 0 Å². The van der Waals surface area contributed by atoms with E-state index in [1.807, 2.05) is 7.05 Å². The highest BCUT2D eigenvalue weighted by Crippen LogP contribution is 2.28. The Hall–Kier alpha value is -1.22. The molecular weight excluding hydrogens is 227 g/mol. The summed E-state index contributed by atoms with van der Waals surface area (Å²) in [6, 6.07) is 1.68. The Balaban J connectivity index is 2.21. The Morgan fingerprint density at radius 3 is 2.83 bits per heavy atom. The predicted octanol–water partition coefficient (Wildman–Crippen LogP) is 3.76. The van der Waals surface area contributed by atoms with E-state index >= 15 is 0 Å².